The molecular formula is C24H16Cl2F3NO5S. The summed E-state index contributed by atoms with van der Waals surface area (Å²) in [6, 6.07) is 15.3. The van der Waals surface area contributed by atoms with Crippen LogP contribution in [0.5, 0.6) is 5.75 Å². The van der Waals surface area contributed by atoms with Crippen LogP contribution in [0.1, 0.15) is 20.7 Å². The number of esters is 1. The molecule has 0 spiro atoms. The van der Waals surface area contributed by atoms with Crippen molar-refractivity contribution in [1.82, 2.24) is 0 Å². The number of nitrogens with one attached hydrogen (secondary N) is 1. The number of Topliss-reactive ketones (excluding diaryl/α,β-unsaturated/α-hetero) is 1. The number of carbonyl (C=O) groups excluding carboxylic acids is 3. The zero-order chi connectivity index (χ0) is 26.3. The summed E-state index contributed by atoms with van der Waals surface area (Å²) >= 11 is 12.8. The Labute approximate surface area is 217 Å². The summed E-state index contributed by atoms with van der Waals surface area (Å²) in [6.07, 6.45) is -4.81. The third-order valence-electron chi connectivity index (χ3n) is 4.41. The predicted molar refractivity (Wildman–Crippen MR) is 130 cm³/mol. The number of rotatable bonds is 9. The van der Waals surface area contributed by atoms with Gasteiger partial charge >= 0.3 is 12.3 Å². The first kappa shape index (κ1) is 27.4. The molecule has 0 saturated carbocycles. The molecule has 6 nitrogen and oxygen atoms in total. The number of amides is 1. The smallest absolute Gasteiger partial charge is 0.454 e. The number of carbonyl (C=O) groups is 3. The van der Waals surface area contributed by atoms with Gasteiger partial charge in [-0.1, -0.05) is 35.3 Å². The molecule has 0 aliphatic heterocycles. The second-order valence-electron chi connectivity index (χ2n) is 7.03. The fourth-order valence-corrected chi connectivity index (χ4v) is 3.94. The third kappa shape index (κ3) is 8.18. The van der Waals surface area contributed by atoms with E-state index < -0.39 is 36.4 Å². The molecule has 0 radical (unpaired) electrons. The largest absolute Gasteiger partial charge is 0.573 e. The molecule has 0 saturated heterocycles. The van der Waals surface area contributed by atoms with Crippen molar-refractivity contribution < 1.29 is 37.0 Å². The molecular weight excluding hydrogens is 542 g/mol. The van der Waals surface area contributed by atoms with Crippen molar-refractivity contribution >= 4 is 58.3 Å². The SMILES string of the molecule is O=C(CSc1ccccc1C(=O)OCC(=O)c1ccc(Cl)c(Cl)c1)Nc1ccc(OC(F)(F)F)cc1. The lowest BCUT2D eigenvalue weighted by atomic mass is 10.1. The maximum absolute atomic E-state index is 12.6. The summed E-state index contributed by atoms with van der Waals surface area (Å²) in [7, 11) is 0. The van der Waals surface area contributed by atoms with Crippen molar-refractivity contribution in [3.63, 3.8) is 0 Å². The number of hydrogen-bond acceptors (Lipinski definition) is 6. The Hall–Kier alpha value is -3.21. The van der Waals surface area contributed by atoms with E-state index in [9.17, 15) is 27.6 Å². The minimum atomic E-state index is -4.81. The van der Waals surface area contributed by atoms with Gasteiger partial charge in [-0.2, -0.15) is 0 Å². The summed E-state index contributed by atoms with van der Waals surface area (Å²) in [6.45, 7) is -0.523. The Kier molecular flexibility index (Phi) is 9.25. The predicted octanol–water partition coefficient (Wildman–Crippen LogP) is 6.66. The van der Waals surface area contributed by atoms with Crippen LogP contribution in [-0.2, 0) is 9.53 Å². The zero-order valence-corrected chi connectivity index (χ0v) is 20.4. The average Bonchev–Trinajstić information content (AvgIpc) is 2.83. The number of halogens is 5. The lowest BCUT2D eigenvalue weighted by molar-refractivity contribution is -0.274. The van der Waals surface area contributed by atoms with Crippen LogP contribution in [0.15, 0.2) is 71.6 Å². The highest BCUT2D eigenvalue weighted by molar-refractivity contribution is 8.00. The molecule has 0 unspecified atom stereocenters. The number of thioether (sulfide) groups is 1. The molecule has 1 N–H and O–H groups in total. The van der Waals surface area contributed by atoms with Gasteiger partial charge in [0.05, 0.1) is 21.4 Å². The van der Waals surface area contributed by atoms with Crippen molar-refractivity contribution in [2.24, 2.45) is 0 Å². The standard InChI is InChI=1S/C24H16Cl2F3NO5S/c25-18-10-5-14(11-19(18)26)20(31)12-34-23(33)17-3-1-2-4-21(17)36-13-22(32)30-15-6-8-16(9-7-15)35-24(27,28)29/h1-11H,12-13H2,(H,30,32). The van der Waals surface area contributed by atoms with Gasteiger partial charge in [-0.05, 0) is 54.6 Å². The minimum Gasteiger partial charge on any atom is -0.454 e. The van der Waals surface area contributed by atoms with Gasteiger partial charge in [0.25, 0.3) is 0 Å². The highest BCUT2D eigenvalue weighted by Gasteiger charge is 2.31. The van der Waals surface area contributed by atoms with E-state index in [1.54, 1.807) is 18.2 Å². The summed E-state index contributed by atoms with van der Waals surface area (Å²) in [4.78, 5) is 37.6. The van der Waals surface area contributed by atoms with Gasteiger partial charge in [0.15, 0.2) is 12.4 Å². The lowest BCUT2D eigenvalue weighted by Crippen LogP contribution is -2.17. The van der Waals surface area contributed by atoms with E-state index in [4.69, 9.17) is 27.9 Å². The Morgan fingerprint density at radius 1 is 0.917 bits per heavy atom. The molecule has 0 bridgehead atoms. The molecule has 1 amide bonds. The number of alkyl halides is 3. The quantitative estimate of drug-likeness (QED) is 0.180. The van der Waals surface area contributed by atoms with E-state index >= 15 is 0 Å². The fraction of sp³-hybridized carbons (Fsp3) is 0.125. The van der Waals surface area contributed by atoms with E-state index in [0.29, 0.717) is 4.90 Å². The van der Waals surface area contributed by atoms with Crippen LogP contribution in [0.2, 0.25) is 10.0 Å². The first-order valence-electron chi connectivity index (χ1n) is 10.0. The van der Waals surface area contributed by atoms with Gasteiger partial charge in [0, 0.05) is 16.1 Å². The van der Waals surface area contributed by atoms with Crippen LogP contribution in [0.3, 0.4) is 0 Å². The van der Waals surface area contributed by atoms with E-state index in [1.165, 1.54) is 36.4 Å². The highest BCUT2D eigenvalue weighted by Crippen LogP contribution is 2.26. The third-order valence-corrected chi connectivity index (χ3v) is 6.23. The van der Waals surface area contributed by atoms with Crippen molar-refractivity contribution in [3.8, 4) is 5.75 Å². The molecule has 0 aromatic heterocycles. The van der Waals surface area contributed by atoms with Crippen molar-refractivity contribution in [2.45, 2.75) is 11.3 Å². The van der Waals surface area contributed by atoms with Crippen LogP contribution < -0.4 is 10.1 Å². The average molecular weight is 558 g/mol. The molecule has 36 heavy (non-hydrogen) atoms. The number of benzene rings is 3. The van der Waals surface area contributed by atoms with E-state index in [0.717, 1.165) is 23.9 Å². The fourth-order valence-electron chi connectivity index (χ4n) is 2.80. The highest BCUT2D eigenvalue weighted by atomic mass is 35.5. The lowest BCUT2D eigenvalue weighted by Gasteiger charge is -2.11. The number of ether oxygens (including phenoxy) is 2. The first-order chi connectivity index (χ1) is 17.0. The zero-order valence-electron chi connectivity index (χ0n) is 18.1. The topological polar surface area (TPSA) is 81.7 Å². The van der Waals surface area contributed by atoms with Crippen molar-refractivity contribution in [1.29, 1.82) is 0 Å². The van der Waals surface area contributed by atoms with Gasteiger partial charge in [-0.25, -0.2) is 4.79 Å². The van der Waals surface area contributed by atoms with Crippen LogP contribution >= 0.6 is 35.0 Å². The monoisotopic (exact) mass is 557 g/mol. The molecule has 3 aromatic rings. The maximum atomic E-state index is 12.6. The van der Waals surface area contributed by atoms with Gasteiger partial charge in [-0.3, -0.25) is 9.59 Å². The van der Waals surface area contributed by atoms with Gasteiger partial charge < -0.3 is 14.8 Å². The Morgan fingerprint density at radius 2 is 1.61 bits per heavy atom. The van der Waals surface area contributed by atoms with Gasteiger partial charge in [-0.15, -0.1) is 24.9 Å². The molecule has 3 rings (SSSR count). The molecule has 0 atom stereocenters. The summed E-state index contributed by atoms with van der Waals surface area (Å²) in [5.41, 5.74) is 0.657. The molecule has 0 aliphatic rings. The molecule has 0 aliphatic carbocycles. The normalized spacial score (nSPS) is 11.0. The second kappa shape index (κ2) is 12.2. The second-order valence-corrected chi connectivity index (χ2v) is 8.86. The summed E-state index contributed by atoms with van der Waals surface area (Å²) < 4.78 is 45.6. The van der Waals surface area contributed by atoms with Crippen LogP contribution in [0, 0.1) is 0 Å². The van der Waals surface area contributed by atoms with Gasteiger partial charge in [0.2, 0.25) is 5.91 Å². The number of anilines is 1. The minimum absolute atomic E-state index is 0.104. The molecule has 0 heterocycles. The van der Waals surface area contributed by atoms with E-state index in [-0.39, 0.29) is 32.6 Å². The van der Waals surface area contributed by atoms with Crippen LogP contribution in [0.4, 0.5) is 18.9 Å². The maximum Gasteiger partial charge on any atom is 0.573 e. The first-order valence-corrected chi connectivity index (χ1v) is 11.8. The van der Waals surface area contributed by atoms with Crippen LogP contribution in [-0.4, -0.2) is 36.4 Å². The summed E-state index contributed by atoms with van der Waals surface area (Å²) in [5.74, 6) is -2.21. The van der Waals surface area contributed by atoms with Gasteiger partial charge in [0.1, 0.15) is 5.75 Å². The van der Waals surface area contributed by atoms with Crippen molar-refractivity contribution in [3.05, 3.63) is 87.9 Å². The number of hydrogen-bond donors (Lipinski definition) is 1. The molecule has 12 heteroatoms. The van der Waals surface area contributed by atoms with Crippen LogP contribution in [0.25, 0.3) is 0 Å². The molecule has 188 valence electrons. The summed E-state index contributed by atoms with van der Waals surface area (Å²) in [5, 5.41) is 3.02. The molecule has 3 aromatic carbocycles. The Balaban J connectivity index is 1.55. The van der Waals surface area contributed by atoms with Crippen molar-refractivity contribution in [2.75, 3.05) is 17.7 Å². The number of ketones is 1. The van der Waals surface area contributed by atoms with E-state index in [2.05, 4.69) is 10.1 Å². The Bertz CT molecular complexity index is 1270. The molecule has 0 fully saturated rings. The Morgan fingerprint density at radius 3 is 2.28 bits per heavy atom. The van der Waals surface area contributed by atoms with E-state index in [1.807, 2.05) is 0 Å².